The van der Waals surface area contributed by atoms with Gasteiger partial charge in [-0.2, -0.15) is 0 Å². The van der Waals surface area contributed by atoms with Gasteiger partial charge >= 0.3 is 0 Å². The Morgan fingerprint density at radius 3 is 3.13 bits per heavy atom. The quantitative estimate of drug-likeness (QED) is 0.797. The van der Waals surface area contributed by atoms with Crippen molar-refractivity contribution in [2.24, 2.45) is 0 Å². The summed E-state index contributed by atoms with van der Waals surface area (Å²) in [6, 6.07) is 0. The fraction of sp³-hybridized carbons (Fsp3) is 0.636. The lowest BCUT2D eigenvalue weighted by molar-refractivity contribution is -0.132. The highest BCUT2D eigenvalue weighted by atomic mass is 16.2. The molecule has 1 aromatic heterocycles. The molecule has 1 aliphatic heterocycles. The van der Waals surface area contributed by atoms with Crippen molar-refractivity contribution in [2.75, 3.05) is 6.54 Å². The van der Waals surface area contributed by atoms with E-state index in [0.717, 1.165) is 36.6 Å². The number of imidazole rings is 1. The van der Waals surface area contributed by atoms with E-state index in [1.54, 1.807) is 0 Å². The van der Waals surface area contributed by atoms with Gasteiger partial charge in [-0.25, -0.2) is 4.98 Å². The minimum atomic E-state index is 0.260. The summed E-state index contributed by atoms with van der Waals surface area (Å²) in [6.45, 7) is 5.51. The van der Waals surface area contributed by atoms with Gasteiger partial charge in [0, 0.05) is 19.4 Å². The lowest BCUT2D eigenvalue weighted by Gasteiger charge is -2.26. The first kappa shape index (κ1) is 10.2. The van der Waals surface area contributed by atoms with Crippen molar-refractivity contribution in [1.29, 1.82) is 0 Å². The third-order valence-corrected chi connectivity index (χ3v) is 2.77. The minimum absolute atomic E-state index is 0.260. The Hall–Kier alpha value is -1.32. The third-order valence-electron chi connectivity index (χ3n) is 2.77. The van der Waals surface area contributed by atoms with E-state index in [0.29, 0.717) is 13.0 Å². The van der Waals surface area contributed by atoms with E-state index in [4.69, 9.17) is 0 Å². The number of H-pyrrole nitrogens is 1. The van der Waals surface area contributed by atoms with Crippen LogP contribution in [0.25, 0.3) is 0 Å². The molecule has 82 valence electrons. The van der Waals surface area contributed by atoms with Crippen molar-refractivity contribution in [3.8, 4) is 0 Å². The summed E-state index contributed by atoms with van der Waals surface area (Å²) in [5.74, 6) is 1.21. The Labute approximate surface area is 89.7 Å². The maximum Gasteiger partial charge on any atom is 0.222 e. The van der Waals surface area contributed by atoms with Gasteiger partial charge < -0.3 is 9.88 Å². The zero-order chi connectivity index (χ0) is 10.8. The Kier molecular flexibility index (Phi) is 2.75. The topological polar surface area (TPSA) is 49.0 Å². The van der Waals surface area contributed by atoms with Crippen LogP contribution in [0.15, 0.2) is 0 Å². The molecule has 0 saturated heterocycles. The number of nitrogens with zero attached hydrogens (tertiary/aromatic N) is 2. The van der Waals surface area contributed by atoms with E-state index in [-0.39, 0.29) is 5.91 Å². The van der Waals surface area contributed by atoms with E-state index in [1.807, 2.05) is 18.7 Å². The van der Waals surface area contributed by atoms with E-state index in [2.05, 4.69) is 9.97 Å². The van der Waals surface area contributed by atoms with E-state index >= 15 is 0 Å². The molecule has 4 nitrogen and oxygen atoms in total. The number of fused-ring (bicyclic) bond motifs is 1. The molecule has 0 aliphatic carbocycles. The van der Waals surface area contributed by atoms with Gasteiger partial charge in [-0.1, -0.05) is 6.92 Å². The van der Waals surface area contributed by atoms with Gasteiger partial charge in [0.25, 0.3) is 0 Å². The SMILES string of the molecule is CCCC(=O)N1CCc2nc(C)[nH]c2C1. The van der Waals surface area contributed by atoms with Crippen molar-refractivity contribution in [3.63, 3.8) is 0 Å². The molecule has 1 aromatic rings. The number of hydrogen-bond donors (Lipinski definition) is 1. The third kappa shape index (κ3) is 2.03. The fourth-order valence-corrected chi connectivity index (χ4v) is 2.02. The normalized spacial score (nSPS) is 15.2. The second kappa shape index (κ2) is 4.04. The van der Waals surface area contributed by atoms with Crippen molar-refractivity contribution in [1.82, 2.24) is 14.9 Å². The molecule has 4 heteroatoms. The number of carbonyl (C=O) groups is 1. The number of aromatic nitrogens is 2. The van der Waals surface area contributed by atoms with Gasteiger partial charge in [0.15, 0.2) is 0 Å². The van der Waals surface area contributed by atoms with Crippen LogP contribution in [0.2, 0.25) is 0 Å². The van der Waals surface area contributed by atoms with Gasteiger partial charge in [0.05, 0.1) is 17.9 Å². The van der Waals surface area contributed by atoms with E-state index in [1.165, 1.54) is 0 Å². The monoisotopic (exact) mass is 207 g/mol. The average Bonchev–Trinajstić information content (AvgIpc) is 2.57. The Balaban J connectivity index is 2.08. The number of amides is 1. The van der Waals surface area contributed by atoms with Gasteiger partial charge in [-0.05, 0) is 13.3 Å². The molecule has 0 unspecified atom stereocenters. The summed E-state index contributed by atoms with van der Waals surface area (Å²) in [7, 11) is 0. The summed E-state index contributed by atoms with van der Waals surface area (Å²) in [5, 5.41) is 0. The number of aryl methyl sites for hydroxylation is 1. The van der Waals surface area contributed by atoms with Crippen LogP contribution in [0.4, 0.5) is 0 Å². The number of carbonyl (C=O) groups excluding carboxylic acids is 1. The highest BCUT2D eigenvalue weighted by Crippen LogP contribution is 2.17. The molecular weight excluding hydrogens is 190 g/mol. The maximum atomic E-state index is 11.7. The first-order valence-corrected chi connectivity index (χ1v) is 5.53. The van der Waals surface area contributed by atoms with E-state index < -0.39 is 0 Å². The van der Waals surface area contributed by atoms with Crippen LogP contribution in [0.3, 0.4) is 0 Å². The minimum Gasteiger partial charge on any atom is -0.344 e. The molecule has 2 rings (SSSR count). The molecule has 0 bridgehead atoms. The standard InChI is InChI=1S/C11H17N3O/c1-3-4-11(15)14-6-5-9-10(7-14)13-8(2)12-9/h3-7H2,1-2H3,(H,12,13). The summed E-state index contributed by atoms with van der Waals surface area (Å²) < 4.78 is 0. The highest BCUT2D eigenvalue weighted by Gasteiger charge is 2.22. The lowest BCUT2D eigenvalue weighted by atomic mass is 10.1. The molecule has 0 aromatic carbocycles. The van der Waals surface area contributed by atoms with Crippen LogP contribution in [0.5, 0.6) is 0 Å². The predicted molar refractivity (Wildman–Crippen MR) is 57.4 cm³/mol. The Bertz CT molecular complexity index is 370. The summed E-state index contributed by atoms with van der Waals surface area (Å²) in [5.41, 5.74) is 2.25. The predicted octanol–water partition coefficient (Wildman–Crippen LogP) is 1.40. The van der Waals surface area contributed by atoms with Gasteiger partial charge in [0.1, 0.15) is 5.82 Å². The summed E-state index contributed by atoms with van der Waals surface area (Å²) >= 11 is 0. The zero-order valence-electron chi connectivity index (χ0n) is 9.34. The molecule has 1 N–H and O–H groups in total. The number of aromatic amines is 1. The molecule has 1 aliphatic rings. The lowest BCUT2D eigenvalue weighted by Crippen LogP contribution is -2.35. The molecule has 0 fully saturated rings. The summed E-state index contributed by atoms with van der Waals surface area (Å²) in [4.78, 5) is 21.2. The first-order valence-electron chi connectivity index (χ1n) is 5.53. The van der Waals surface area contributed by atoms with Gasteiger partial charge in [-0.3, -0.25) is 4.79 Å². The molecule has 2 heterocycles. The molecule has 0 atom stereocenters. The Morgan fingerprint density at radius 1 is 1.60 bits per heavy atom. The summed E-state index contributed by atoms with van der Waals surface area (Å²) in [6.07, 6.45) is 2.46. The van der Waals surface area contributed by atoms with Crippen LogP contribution < -0.4 is 0 Å². The fourth-order valence-electron chi connectivity index (χ4n) is 2.02. The van der Waals surface area contributed by atoms with Crippen LogP contribution in [-0.4, -0.2) is 27.3 Å². The van der Waals surface area contributed by atoms with Crippen LogP contribution in [-0.2, 0) is 17.8 Å². The van der Waals surface area contributed by atoms with Gasteiger partial charge in [0.2, 0.25) is 5.91 Å². The number of nitrogens with one attached hydrogen (secondary N) is 1. The van der Waals surface area contributed by atoms with Crippen molar-refractivity contribution in [2.45, 2.75) is 39.7 Å². The zero-order valence-corrected chi connectivity index (χ0v) is 9.34. The van der Waals surface area contributed by atoms with Crippen molar-refractivity contribution >= 4 is 5.91 Å². The van der Waals surface area contributed by atoms with Crippen LogP contribution >= 0.6 is 0 Å². The van der Waals surface area contributed by atoms with Crippen LogP contribution in [0.1, 0.15) is 37.0 Å². The molecular formula is C11H17N3O. The van der Waals surface area contributed by atoms with Crippen molar-refractivity contribution < 1.29 is 4.79 Å². The first-order chi connectivity index (χ1) is 7.20. The van der Waals surface area contributed by atoms with Crippen molar-refractivity contribution in [3.05, 3.63) is 17.2 Å². The molecule has 0 radical (unpaired) electrons. The van der Waals surface area contributed by atoms with Crippen LogP contribution in [0, 0.1) is 6.92 Å². The van der Waals surface area contributed by atoms with Gasteiger partial charge in [-0.15, -0.1) is 0 Å². The number of rotatable bonds is 2. The smallest absolute Gasteiger partial charge is 0.222 e. The largest absolute Gasteiger partial charge is 0.344 e. The molecule has 0 saturated carbocycles. The Morgan fingerprint density at radius 2 is 2.40 bits per heavy atom. The van der Waals surface area contributed by atoms with E-state index in [9.17, 15) is 4.79 Å². The molecule has 0 spiro atoms. The maximum absolute atomic E-state index is 11.7. The highest BCUT2D eigenvalue weighted by molar-refractivity contribution is 5.76. The second-order valence-electron chi connectivity index (χ2n) is 4.06. The number of hydrogen-bond acceptors (Lipinski definition) is 2. The molecule has 1 amide bonds. The second-order valence-corrected chi connectivity index (χ2v) is 4.06. The average molecular weight is 207 g/mol. The molecule has 15 heavy (non-hydrogen) atoms.